The Labute approximate surface area is 155 Å². The van der Waals surface area contributed by atoms with Crippen molar-refractivity contribution in [1.82, 2.24) is 5.32 Å². The number of thiocarbonyl (C=S) groups is 1. The number of hydrogen-bond donors (Lipinski definition) is 2. The van der Waals surface area contributed by atoms with Gasteiger partial charge in [0.15, 0.2) is 14.9 Å². The minimum atomic E-state index is -4.39. The molecule has 2 aromatic carbocycles. The minimum Gasteiger partial charge on any atom is -0.358 e. The average molecular weight is 402 g/mol. The highest BCUT2D eigenvalue weighted by Gasteiger charge is 2.30. The summed E-state index contributed by atoms with van der Waals surface area (Å²) in [6.07, 6.45) is -3.25. The van der Waals surface area contributed by atoms with Crippen molar-refractivity contribution in [2.75, 3.05) is 11.6 Å². The predicted octanol–water partition coefficient (Wildman–Crippen LogP) is 3.74. The molecule has 0 unspecified atom stereocenters. The van der Waals surface area contributed by atoms with Crippen molar-refractivity contribution in [2.24, 2.45) is 0 Å². The number of halogens is 3. The molecule has 0 radical (unpaired) electrons. The molecule has 2 aromatic rings. The number of benzene rings is 2. The molecule has 140 valence electrons. The van der Waals surface area contributed by atoms with Crippen LogP contribution in [-0.4, -0.2) is 19.8 Å². The molecule has 0 aromatic heterocycles. The second-order valence-corrected chi connectivity index (χ2v) is 8.32. The van der Waals surface area contributed by atoms with E-state index in [2.05, 4.69) is 10.6 Å². The van der Waals surface area contributed by atoms with E-state index in [1.54, 1.807) is 30.3 Å². The first-order valence-electron chi connectivity index (χ1n) is 7.50. The Bertz CT molecular complexity index is 897. The number of nitrogens with one attached hydrogen (secondary N) is 2. The number of hydrogen-bond acceptors (Lipinski definition) is 3. The molecule has 0 atom stereocenters. The lowest BCUT2D eigenvalue weighted by molar-refractivity contribution is -0.137. The first-order chi connectivity index (χ1) is 12.0. The summed E-state index contributed by atoms with van der Waals surface area (Å²) in [5.41, 5.74) is 0.921. The summed E-state index contributed by atoms with van der Waals surface area (Å²) in [5.74, 6) is -0.0903. The van der Waals surface area contributed by atoms with Crippen molar-refractivity contribution in [3.63, 3.8) is 0 Å². The van der Waals surface area contributed by atoms with Crippen LogP contribution in [0.5, 0.6) is 0 Å². The maximum absolute atomic E-state index is 12.7. The van der Waals surface area contributed by atoms with E-state index in [0.29, 0.717) is 16.8 Å². The Morgan fingerprint density at radius 3 is 2.38 bits per heavy atom. The highest BCUT2D eigenvalue weighted by Crippen LogP contribution is 2.29. The van der Waals surface area contributed by atoms with Crippen LogP contribution < -0.4 is 10.6 Å². The van der Waals surface area contributed by atoms with Crippen molar-refractivity contribution in [3.8, 4) is 0 Å². The Morgan fingerprint density at radius 1 is 1.08 bits per heavy atom. The van der Waals surface area contributed by atoms with Gasteiger partial charge in [0.2, 0.25) is 0 Å². The average Bonchev–Trinajstić information content (AvgIpc) is 2.51. The van der Waals surface area contributed by atoms with E-state index in [4.69, 9.17) is 12.2 Å². The summed E-state index contributed by atoms with van der Waals surface area (Å²) in [5, 5.41) is 5.94. The zero-order chi connectivity index (χ0) is 19.4. The van der Waals surface area contributed by atoms with Crippen LogP contribution in [0.25, 0.3) is 0 Å². The molecule has 2 N–H and O–H groups in total. The van der Waals surface area contributed by atoms with Crippen LogP contribution in [0.1, 0.15) is 16.7 Å². The second-order valence-electron chi connectivity index (χ2n) is 5.78. The molecule has 0 saturated heterocycles. The normalized spacial score (nSPS) is 11.8. The molecule has 0 aliphatic heterocycles. The smallest absolute Gasteiger partial charge is 0.358 e. The molecule has 9 heteroatoms. The van der Waals surface area contributed by atoms with Crippen LogP contribution >= 0.6 is 12.2 Å². The third-order valence-corrected chi connectivity index (χ3v) is 4.43. The van der Waals surface area contributed by atoms with E-state index in [1.807, 2.05) is 0 Å². The summed E-state index contributed by atoms with van der Waals surface area (Å²) < 4.78 is 60.8. The van der Waals surface area contributed by atoms with E-state index in [0.717, 1.165) is 18.4 Å². The molecule has 0 fully saturated rings. The van der Waals surface area contributed by atoms with Gasteiger partial charge >= 0.3 is 6.18 Å². The maximum Gasteiger partial charge on any atom is 0.416 e. The topological polar surface area (TPSA) is 58.2 Å². The SMILES string of the molecule is CS(=O)(=O)Cc1cccc(NC(=S)NCc2cccc(C(F)(F)F)c2)c1. The third kappa shape index (κ3) is 6.64. The van der Waals surface area contributed by atoms with Crippen LogP contribution in [0, 0.1) is 0 Å². The van der Waals surface area contributed by atoms with Crippen LogP contribution in [-0.2, 0) is 28.3 Å². The zero-order valence-electron chi connectivity index (χ0n) is 13.8. The van der Waals surface area contributed by atoms with Gasteiger partial charge in [-0.05, 0) is 47.6 Å². The number of anilines is 1. The van der Waals surface area contributed by atoms with Crippen LogP contribution in [0.3, 0.4) is 0 Å². The van der Waals surface area contributed by atoms with Gasteiger partial charge in [-0.25, -0.2) is 8.42 Å². The van der Waals surface area contributed by atoms with Gasteiger partial charge in [0.25, 0.3) is 0 Å². The summed E-state index contributed by atoms with van der Waals surface area (Å²) in [6, 6.07) is 11.7. The standard InChI is InChI=1S/C17H17F3N2O2S2/c1-26(23,24)11-13-5-3-7-15(9-13)22-16(25)21-10-12-4-2-6-14(8-12)17(18,19)20/h2-9H,10-11H2,1H3,(H2,21,22,25). The molecule has 0 bridgehead atoms. The van der Waals surface area contributed by atoms with Crippen molar-refractivity contribution in [3.05, 3.63) is 65.2 Å². The van der Waals surface area contributed by atoms with E-state index in [-0.39, 0.29) is 17.4 Å². The molecule has 0 heterocycles. The fourth-order valence-electron chi connectivity index (χ4n) is 2.26. The van der Waals surface area contributed by atoms with Gasteiger partial charge in [-0.15, -0.1) is 0 Å². The molecule has 4 nitrogen and oxygen atoms in total. The first kappa shape index (κ1) is 20.2. The Kier molecular flexibility index (Phi) is 6.25. The number of rotatable bonds is 5. The summed E-state index contributed by atoms with van der Waals surface area (Å²) >= 11 is 5.13. The third-order valence-electron chi connectivity index (χ3n) is 3.32. The lowest BCUT2D eigenvalue weighted by Gasteiger charge is -2.13. The summed E-state index contributed by atoms with van der Waals surface area (Å²) in [6.45, 7) is 0.124. The summed E-state index contributed by atoms with van der Waals surface area (Å²) in [4.78, 5) is 0. The van der Waals surface area contributed by atoms with Crippen LogP contribution in [0.15, 0.2) is 48.5 Å². The van der Waals surface area contributed by atoms with Gasteiger partial charge in [0.05, 0.1) is 11.3 Å². The van der Waals surface area contributed by atoms with Crippen LogP contribution in [0.4, 0.5) is 18.9 Å². The van der Waals surface area contributed by atoms with Gasteiger partial charge in [0.1, 0.15) is 0 Å². The zero-order valence-corrected chi connectivity index (χ0v) is 15.4. The number of alkyl halides is 3. The van der Waals surface area contributed by atoms with Crippen molar-refractivity contribution in [1.29, 1.82) is 0 Å². The quantitative estimate of drug-likeness (QED) is 0.747. The van der Waals surface area contributed by atoms with E-state index >= 15 is 0 Å². The largest absolute Gasteiger partial charge is 0.416 e. The molecular weight excluding hydrogens is 385 g/mol. The lowest BCUT2D eigenvalue weighted by atomic mass is 10.1. The highest BCUT2D eigenvalue weighted by atomic mass is 32.2. The van der Waals surface area contributed by atoms with Gasteiger partial charge in [-0.1, -0.05) is 24.3 Å². The van der Waals surface area contributed by atoms with E-state index in [1.165, 1.54) is 6.07 Å². The van der Waals surface area contributed by atoms with Gasteiger partial charge in [-0.3, -0.25) is 0 Å². The Balaban J connectivity index is 1.96. The maximum atomic E-state index is 12.7. The van der Waals surface area contributed by atoms with Crippen molar-refractivity contribution >= 4 is 32.9 Å². The first-order valence-corrected chi connectivity index (χ1v) is 9.97. The van der Waals surface area contributed by atoms with Crippen molar-refractivity contribution < 1.29 is 21.6 Å². The lowest BCUT2D eigenvalue weighted by Crippen LogP contribution is -2.28. The summed E-state index contributed by atoms with van der Waals surface area (Å²) in [7, 11) is -3.15. The van der Waals surface area contributed by atoms with E-state index < -0.39 is 21.6 Å². The van der Waals surface area contributed by atoms with Crippen molar-refractivity contribution in [2.45, 2.75) is 18.5 Å². The van der Waals surface area contributed by atoms with Gasteiger partial charge < -0.3 is 10.6 Å². The molecule has 0 aliphatic rings. The highest BCUT2D eigenvalue weighted by molar-refractivity contribution is 7.89. The molecule has 2 rings (SSSR count). The fraction of sp³-hybridized carbons (Fsp3) is 0.235. The predicted molar refractivity (Wildman–Crippen MR) is 99.5 cm³/mol. The molecule has 0 aliphatic carbocycles. The number of sulfone groups is 1. The van der Waals surface area contributed by atoms with Crippen LogP contribution in [0.2, 0.25) is 0 Å². The van der Waals surface area contributed by atoms with Gasteiger partial charge in [-0.2, -0.15) is 13.2 Å². The minimum absolute atomic E-state index is 0.0903. The Hall–Kier alpha value is -2.13. The monoisotopic (exact) mass is 402 g/mol. The molecule has 0 spiro atoms. The van der Waals surface area contributed by atoms with E-state index in [9.17, 15) is 21.6 Å². The molecule has 26 heavy (non-hydrogen) atoms. The molecule has 0 saturated carbocycles. The second kappa shape index (κ2) is 8.05. The Morgan fingerprint density at radius 2 is 1.73 bits per heavy atom. The molecular formula is C17H17F3N2O2S2. The van der Waals surface area contributed by atoms with Gasteiger partial charge in [0, 0.05) is 18.5 Å². The molecule has 0 amide bonds. The fourth-order valence-corrected chi connectivity index (χ4v) is 3.23.